The number of halogens is 1. The molecule has 4 nitrogen and oxygen atoms in total. The highest BCUT2D eigenvalue weighted by Crippen LogP contribution is 2.17. The maximum Gasteiger partial charge on any atom is 0.334 e. The van der Waals surface area contributed by atoms with Gasteiger partial charge in [-0.15, -0.1) is 0 Å². The van der Waals surface area contributed by atoms with Gasteiger partial charge >= 0.3 is 5.69 Å². The van der Waals surface area contributed by atoms with Gasteiger partial charge in [-0.1, -0.05) is 29.8 Å². The number of hydrogen-bond acceptors (Lipinski definition) is 2. The number of para-hydroxylation sites is 1. The summed E-state index contributed by atoms with van der Waals surface area (Å²) in [4.78, 5) is 11.9. The molecule has 0 spiro atoms. The Morgan fingerprint density at radius 1 is 1.31 bits per heavy atom. The lowest BCUT2D eigenvalue weighted by Crippen LogP contribution is -2.21. The number of hydrogen-bond donors (Lipinski definition) is 0. The zero-order valence-electron chi connectivity index (χ0n) is 8.51. The summed E-state index contributed by atoms with van der Waals surface area (Å²) in [6.45, 7) is 0. The lowest BCUT2D eigenvalue weighted by Gasteiger charge is -2.00. The van der Waals surface area contributed by atoms with E-state index in [9.17, 15) is 4.79 Å². The summed E-state index contributed by atoms with van der Waals surface area (Å²) in [6, 6.07) is 10.9. The Hall–Kier alpha value is -1.99. The molecule has 0 unspecified atom stereocenters. The summed E-state index contributed by atoms with van der Waals surface area (Å²) >= 11 is 5.99. The predicted octanol–water partition coefficient (Wildman–Crippen LogP) is 1.70. The molecular formula is C11H8ClN3O. The third-order valence-corrected chi connectivity index (χ3v) is 2.67. The molecule has 0 aliphatic rings. The maximum atomic E-state index is 11.9. The van der Waals surface area contributed by atoms with Crippen LogP contribution in [0.4, 0.5) is 0 Å². The number of benzene rings is 1. The largest absolute Gasteiger partial charge is 0.334 e. The topological polar surface area (TPSA) is 50.7 Å². The first-order chi connectivity index (χ1) is 7.66. The summed E-state index contributed by atoms with van der Waals surface area (Å²) in [5.41, 5.74) is 0.484. The van der Waals surface area contributed by atoms with Crippen molar-refractivity contribution in [3.8, 4) is 11.8 Å². The number of nitrogens with zero attached hydrogens (tertiary/aromatic N) is 3. The molecule has 1 aromatic heterocycles. The minimum atomic E-state index is -0.326. The van der Waals surface area contributed by atoms with Gasteiger partial charge in [0.2, 0.25) is 0 Å². The molecular weight excluding hydrogens is 226 g/mol. The molecule has 5 heteroatoms. The van der Waals surface area contributed by atoms with Crippen molar-refractivity contribution in [1.29, 1.82) is 5.26 Å². The van der Waals surface area contributed by atoms with Crippen LogP contribution in [0.15, 0.2) is 35.1 Å². The fourth-order valence-electron chi connectivity index (χ4n) is 1.50. The maximum absolute atomic E-state index is 11.9. The van der Waals surface area contributed by atoms with E-state index in [4.69, 9.17) is 16.9 Å². The van der Waals surface area contributed by atoms with E-state index in [1.54, 1.807) is 24.3 Å². The second-order valence-electron chi connectivity index (χ2n) is 3.26. The quantitative estimate of drug-likeness (QED) is 0.753. The molecule has 0 N–H and O–H groups in total. The van der Waals surface area contributed by atoms with Crippen molar-refractivity contribution in [2.75, 3.05) is 0 Å². The minimum Gasteiger partial charge on any atom is -0.285 e. The lowest BCUT2D eigenvalue weighted by molar-refractivity contribution is 0.815. The molecule has 80 valence electrons. The molecule has 1 heterocycles. The monoisotopic (exact) mass is 233 g/mol. The van der Waals surface area contributed by atoms with E-state index in [0.717, 1.165) is 0 Å². The second kappa shape index (κ2) is 3.87. The van der Waals surface area contributed by atoms with Crippen LogP contribution < -0.4 is 5.69 Å². The number of nitriles is 1. The molecule has 0 aliphatic heterocycles. The van der Waals surface area contributed by atoms with Crippen molar-refractivity contribution in [2.45, 2.75) is 0 Å². The molecule has 0 saturated heterocycles. The van der Waals surface area contributed by atoms with Crippen LogP contribution in [-0.4, -0.2) is 9.13 Å². The summed E-state index contributed by atoms with van der Waals surface area (Å²) in [7, 11) is 1.52. The van der Waals surface area contributed by atoms with Gasteiger partial charge < -0.3 is 0 Å². The van der Waals surface area contributed by atoms with Gasteiger partial charge in [0.1, 0.15) is 6.07 Å². The van der Waals surface area contributed by atoms with Crippen molar-refractivity contribution in [3.05, 3.63) is 51.7 Å². The molecule has 1 aromatic carbocycles. The minimum absolute atomic E-state index is 0.140. The first kappa shape index (κ1) is 10.5. The summed E-state index contributed by atoms with van der Waals surface area (Å²) in [5.74, 6) is 0. The zero-order chi connectivity index (χ0) is 11.7. The van der Waals surface area contributed by atoms with E-state index in [1.165, 1.54) is 16.2 Å². The van der Waals surface area contributed by atoms with Crippen LogP contribution in [0.2, 0.25) is 5.15 Å². The summed E-state index contributed by atoms with van der Waals surface area (Å²) in [5, 5.41) is 9.02. The van der Waals surface area contributed by atoms with Crippen molar-refractivity contribution in [1.82, 2.24) is 9.13 Å². The molecule has 0 atom stereocenters. The van der Waals surface area contributed by atoms with E-state index >= 15 is 0 Å². The Morgan fingerprint density at radius 2 is 1.94 bits per heavy atom. The Kier molecular flexibility index (Phi) is 2.55. The Balaban J connectivity index is 2.79. The lowest BCUT2D eigenvalue weighted by atomic mass is 10.3. The standard InChI is InChI=1S/C11H8ClN3O/c1-14-9(7-13)10(12)15(11(14)16)8-5-3-2-4-6-8/h2-6H,1H3. The van der Waals surface area contributed by atoms with E-state index in [2.05, 4.69) is 0 Å². The van der Waals surface area contributed by atoms with Gasteiger partial charge in [-0.05, 0) is 12.1 Å². The van der Waals surface area contributed by atoms with Gasteiger partial charge in [0, 0.05) is 7.05 Å². The fourth-order valence-corrected chi connectivity index (χ4v) is 1.83. The van der Waals surface area contributed by atoms with Crippen LogP contribution in [0, 0.1) is 11.3 Å². The van der Waals surface area contributed by atoms with Crippen molar-refractivity contribution in [3.63, 3.8) is 0 Å². The summed E-state index contributed by atoms with van der Waals surface area (Å²) < 4.78 is 2.54. The van der Waals surface area contributed by atoms with Crippen LogP contribution in [0.5, 0.6) is 0 Å². The highest BCUT2D eigenvalue weighted by Gasteiger charge is 2.16. The molecule has 2 aromatic rings. The highest BCUT2D eigenvalue weighted by atomic mass is 35.5. The van der Waals surface area contributed by atoms with Crippen LogP contribution >= 0.6 is 11.6 Å². The predicted molar refractivity (Wildman–Crippen MR) is 60.7 cm³/mol. The van der Waals surface area contributed by atoms with Gasteiger partial charge in [0.05, 0.1) is 5.69 Å². The number of aromatic nitrogens is 2. The molecule has 0 radical (unpaired) electrons. The zero-order valence-corrected chi connectivity index (χ0v) is 9.27. The van der Waals surface area contributed by atoms with Gasteiger partial charge in [0.15, 0.2) is 10.8 Å². The molecule has 0 aliphatic carbocycles. The average Bonchev–Trinajstić information content (AvgIpc) is 2.51. The normalized spacial score (nSPS) is 10.1. The summed E-state index contributed by atoms with van der Waals surface area (Å²) in [6.07, 6.45) is 0. The first-order valence-corrected chi connectivity index (χ1v) is 4.97. The Bertz CT molecular complexity index is 619. The van der Waals surface area contributed by atoms with Crippen molar-refractivity contribution < 1.29 is 0 Å². The molecule has 0 amide bonds. The average molecular weight is 234 g/mol. The number of imidazole rings is 1. The van der Waals surface area contributed by atoms with E-state index in [-0.39, 0.29) is 16.5 Å². The van der Waals surface area contributed by atoms with E-state index in [0.29, 0.717) is 5.69 Å². The molecule has 0 bridgehead atoms. The van der Waals surface area contributed by atoms with Crippen LogP contribution in [0.25, 0.3) is 5.69 Å². The molecule has 16 heavy (non-hydrogen) atoms. The molecule has 0 saturated carbocycles. The SMILES string of the molecule is Cn1c(C#N)c(Cl)n(-c2ccccc2)c1=O. The van der Waals surface area contributed by atoms with Crippen molar-refractivity contribution >= 4 is 11.6 Å². The van der Waals surface area contributed by atoms with Gasteiger partial charge in [-0.25, -0.2) is 9.36 Å². The highest BCUT2D eigenvalue weighted by molar-refractivity contribution is 6.30. The number of rotatable bonds is 1. The third-order valence-electron chi connectivity index (χ3n) is 2.33. The van der Waals surface area contributed by atoms with Gasteiger partial charge in [0.25, 0.3) is 0 Å². The van der Waals surface area contributed by atoms with Crippen molar-refractivity contribution in [2.24, 2.45) is 7.05 Å². The van der Waals surface area contributed by atoms with Gasteiger partial charge in [-0.3, -0.25) is 4.57 Å². The van der Waals surface area contributed by atoms with E-state index in [1.807, 2.05) is 12.1 Å². The molecule has 0 fully saturated rings. The smallest absolute Gasteiger partial charge is 0.285 e. The van der Waals surface area contributed by atoms with Crippen LogP contribution in [-0.2, 0) is 7.05 Å². The van der Waals surface area contributed by atoms with Crippen LogP contribution in [0.3, 0.4) is 0 Å². The van der Waals surface area contributed by atoms with Crippen LogP contribution in [0.1, 0.15) is 5.69 Å². The van der Waals surface area contributed by atoms with E-state index < -0.39 is 0 Å². The first-order valence-electron chi connectivity index (χ1n) is 4.59. The second-order valence-corrected chi connectivity index (χ2v) is 3.62. The third kappa shape index (κ3) is 1.42. The Morgan fingerprint density at radius 3 is 2.44 bits per heavy atom. The molecule has 2 rings (SSSR count). The Labute approximate surface area is 96.9 Å². The fraction of sp³-hybridized carbons (Fsp3) is 0.0909. The van der Waals surface area contributed by atoms with Gasteiger partial charge in [-0.2, -0.15) is 5.26 Å².